The van der Waals surface area contributed by atoms with E-state index in [0.29, 0.717) is 11.4 Å². The normalized spacial score (nSPS) is 14.4. The Labute approximate surface area is 151 Å². The van der Waals surface area contributed by atoms with Crippen molar-refractivity contribution < 1.29 is 18.0 Å². The Hall–Kier alpha value is -3.17. The minimum Gasteiger partial charge on any atom is -0.304 e. The van der Waals surface area contributed by atoms with E-state index in [1.807, 2.05) is 0 Å². The number of aromatic nitrogens is 5. The number of amides is 1. The zero-order chi connectivity index (χ0) is 19.2. The van der Waals surface area contributed by atoms with Crippen LogP contribution in [-0.2, 0) is 6.18 Å². The van der Waals surface area contributed by atoms with Crippen LogP contribution in [0.2, 0.25) is 0 Å². The van der Waals surface area contributed by atoms with Crippen LogP contribution < -0.4 is 5.32 Å². The molecule has 1 amide bonds. The van der Waals surface area contributed by atoms with Crippen LogP contribution in [0, 0.1) is 6.92 Å². The number of anilines is 1. The summed E-state index contributed by atoms with van der Waals surface area (Å²) in [5, 5.41) is 14.5. The molecule has 4 rings (SSSR count). The van der Waals surface area contributed by atoms with Crippen LogP contribution in [0.3, 0.4) is 0 Å². The van der Waals surface area contributed by atoms with E-state index in [4.69, 9.17) is 0 Å². The summed E-state index contributed by atoms with van der Waals surface area (Å²) >= 11 is 0. The summed E-state index contributed by atoms with van der Waals surface area (Å²) < 4.78 is 41.7. The number of nitrogens with zero attached hydrogens (tertiary/aromatic N) is 5. The highest BCUT2D eigenvalue weighted by Gasteiger charge is 2.31. The lowest BCUT2D eigenvalue weighted by atomic mass is 10.2. The highest BCUT2D eigenvalue weighted by atomic mass is 19.4. The van der Waals surface area contributed by atoms with Gasteiger partial charge in [-0.3, -0.25) is 4.79 Å². The maximum Gasteiger partial charge on any atom is 0.416 e. The second-order valence-electron chi connectivity index (χ2n) is 6.38. The van der Waals surface area contributed by atoms with Gasteiger partial charge >= 0.3 is 6.18 Å². The fraction of sp³-hybridized carbons (Fsp3) is 0.294. The molecule has 1 aliphatic rings. The molecule has 140 valence electrons. The first-order chi connectivity index (χ1) is 12.8. The van der Waals surface area contributed by atoms with Crippen LogP contribution >= 0.6 is 0 Å². The zero-order valence-electron chi connectivity index (χ0n) is 14.2. The van der Waals surface area contributed by atoms with Gasteiger partial charge < -0.3 is 5.32 Å². The topological polar surface area (TPSA) is 77.6 Å². The molecule has 1 saturated carbocycles. The predicted molar refractivity (Wildman–Crippen MR) is 89.5 cm³/mol. The van der Waals surface area contributed by atoms with Crippen LogP contribution in [0.25, 0.3) is 5.69 Å². The second kappa shape index (κ2) is 6.22. The van der Waals surface area contributed by atoms with Gasteiger partial charge in [-0.1, -0.05) is 11.3 Å². The number of rotatable bonds is 4. The Morgan fingerprint density at radius 1 is 1.26 bits per heavy atom. The Kier molecular flexibility index (Phi) is 3.97. The third-order valence-electron chi connectivity index (χ3n) is 4.25. The van der Waals surface area contributed by atoms with Gasteiger partial charge in [-0.2, -0.15) is 13.2 Å². The lowest BCUT2D eigenvalue weighted by Gasteiger charge is -2.09. The Morgan fingerprint density at radius 3 is 2.74 bits per heavy atom. The van der Waals surface area contributed by atoms with Gasteiger partial charge in [0.1, 0.15) is 5.69 Å². The van der Waals surface area contributed by atoms with E-state index in [9.17, 15) is 18.0 Å². The highest BCUT2D eigenvalue weighted by Crippen LogP contribution is 2.35. The molecule has 0 atom stereocenters. The molecule has 1 N–H and O–H groups in total. The van der Waals surface area contributed by atoms with Crippen molar-refractivity contribution in [3.63, 3.8) is 0 Å². The summed E-state index contributed by atoms with van der Waals surface area (Å²) in [5.41, 5.74) is 0.398. The largest absolute Gasteiger partial charge is 0.416 e. The molecule has 0 unspecified atom stereocenters. The fourth-order valence-corrected chi connectivity index (χ4v) is 2.79. The quantitative estimate of drug-likeness (QED) is 0.757. The lowest BCUT2D eigenvalue weighted by molar-refractivity contribution is -0.137. The Balaban J connectivity index is 1.58. The first kappa shape index (κ1) is 17.3. The van der Waals surface area contributed by atoms with Gasteiger partial charge in [0.2, 0.25) is 0 Å². The number of hydrogen-bond acceptors (Lipinski definition) is 4. The van der Waals surface area contributed by atoms with Crippen molar-refractivity contribution in [1.82, 2.24) is 24.8 Å². The van der Waals surface area contributed by atoms with Gasteiger partial charge in [-0.05, 0) is 38.0 Å². The number of halogens is 3. The maximum absolute atomic E-state index is 12.9. The Bertz CT molecular complexity index is 1000. The summed E-state index contributed by atoms with van der Waals surface area (Å²) in [6.45, 7) is 1.69. The summed E-state index contributed by atoms with van der Waals surface area (Å²) in [7, 11) is 0. The minimum atomic E-state index is -4.44. The maximum atomic E-state index is 12.9. The van der Waals surface area contributed by atoms with Gasteiger partial charge in [0, 0.05) is 11.8 Å². The number of carbonyl (C=O) groups excluding carboxylic acids is 1. The smallest absolute Gasteiger partial charge is 0.304 e. The molecule has 1 aromatic carbocycles. The highest BCUT2D eigenvalue weighted by molar-refractivity contribution is 6.02. The van der Waals surface area contributed by atoms with Crippen LogP contribution in [0.4, 0.5) is 19.0 Å². The number of carbonyl (C=O) groups is 1. The molecule has 7 nitrogen and oxygen atoms in total. The van der Waals surface area contributed by atoms with E-state index in [2.05, 4.69) is 20.7 Å². The van der Waals surface area contributed by atoms with Crippen molar-refractivity contribution >= 4 is 11.7 Å². The van der Waals surface area contributed by atoms with Crippen LogP contribution in [0.5, 0.6) is 0 Å². The van der Waals surface area contributed by atoms with Crippen LogP contribution in [-0.4, -0.2) is 30.7 Å². The Morgan fingerprint density at radius 2 is 2.04 bits per heavy atom. The first-order valence-electron chi connectivity index (χ1n) is 8.29. The molecule has 0 saturated heterocycles. The molecule has 1 aliphatic carbocycles. The van der Waals surface area contributed by atoms with Crippen LogP contribution in [0.15, 0.2) is 36.5 Å². The van der Waals surface area contributed by atoms with E-state index < -0.39 is 17.6 Å². The number of aryl methyl sites for hydroxylation is 1. The molecule has 2 heterocycles. The van der Waals surface area contributed by atoms with Crippen molar-refractivity contribution in [1.29, 1.82) is 0 Å². The number of nitrogens with one attached hydrogen (secondary N) is 1. The van der Waals surface area contributed by atoms with Crippen molar-refractivity contribution in [2.75, 3.05) is 5.32 Å². The molecule has 3 aromatic rings. The van der Waals surface area contributed by atoms with E-state index >= 15 is 0 Å². The SMILES string of the molecule is Cc1cc(NC(=O)c2cnnn2C2CC2)nn1-c1cccc(C(F)(F)F)c1. The predicted octanol–water partition coefficient (Wildman–Crippen LogP) is 3.38. The third-order valence-corrected chi connectivity index (χ3v) is 4.25. The van der Waals surface area contributed by atoms with Gasteiger partial charge in [0.05, 0.1) is 23.5 Å². The summed E-state index contributed by atoms with van der Waals surface area (Å²) in [4.78, 5) is 12.5. The zero-order valence-corrected chi connectivity index (χ0v) is 14.2. The van der Waals surface area contributed by atoms with Crippen molar-refractivity contribution in [2.45, 2.75) is 32.0 Å². The molecule has 2 aromatic heterocycles. The fourth-order valence-electron chi connectivity index (χ4n) is 2.79. The average Bonchev–Trinajstić information content (AvgIpc) is 3.22. The van der Waals surface area contributed by atoms with Crippen molar-refractivity contribution in [2.24, 2.45) is 0 Å². The number of hydrogen-bond donors (Lipinski definition) is 1. The van der Waals surface area contributed by atoms with Crippen LogP contribution in [0.1, 0.15) is 40.6 Å². The monoisotopic (exact) mass is 376 g/mol. The molecule has 0 radical (unpaired) electrons. The van der Waals surface area contributed by atoms with Gasteiger partial charge in [-0.25, -0.2) is 9.36 Å². The van der Waals surface area contributed by atoms with E-state index in [0.717, 1.165) is 25.0 Å². The summed E-state index contributed by atoms with van der Waals surface area (Å²) in [5.74, 6) is -0.181. The summed E-state index contributed by atoms with van der Waals surface area (Å²) in [6, 6.07) is 6.63. The molecule has 0 bridgehead atoms. The number of alkyl halides is 3. The standard InChI is InChI=1S/C17H15F3N6O/c1-10-7-15(22-16(27)14-9-21-24-26(14)12-5-6-12)23-25(10)13-4-2-3-11(8-13)17(18,19)20/h2-4,7-9,12H,5-6H2,1H3,(H,22,23,27). The molecule has 0 aliphatic heterocycles. The third kappa shape index (κ3) is 3.42. The van der Waals surface area contributed by atoms with E-state index in [-0.39, 0.29) is 17.5 Å². The van der Waals surface area contributed by atoms with E-state index in [1.165, 1.54) is 23.0 Å². The number of benzene rings is 1. The minimum absolute atomic E-state index is 0.192. The van der Waals surface area contributed by atoms with Gasteiger partial charge in [-0.15, -0.1) is 10.2 Å². The summed E-state index contributed by atoms with van der Waals surface area (Å²) in [6.07, 6.45) is -1.16. The molecule has 10 heteroatoms. The van der Waals surface area contributed by atoms with Crippen molar-refractivity contribution in [3.05, 3.63) is 53.5 Å². The van der Waals surface area contributed by atoms with Gasteiger partial charge in [0.25, 0.3) is 5.91 Å². The molecular weight excluding hydrogens is 361 g/mol. The second-order valence-corrected chi connectivity index (χ2v) is 6.38. The van der Waals surface area contributed by atoms with Gasteiger partial charge in [0.15, 0.2) is 5.82 Å². The lowest BCUT2D eigenvalue weighted by Crippen LogP contribution is -2.17. The molecule has 0 spiro atoms. The average molecular weight is 376 g/mol. The van der Waals surface area contributed by atoms with E-state index in [1.54, 1.807) is 17.7 Å². The molecule has 1 fully saturated rings. The molecular formula is C17H15F3N6O. The first-order valence-corrected chi connectivity index (χ1v) is 8.29. The molecule has 27 heavy (non-hydrogen) atoms. The van der Waals surface area contributed by atoms with Crippen molar-refractivity contribution in [3.8, 4) is 5.69 Å².